The third kappa shape index (κ3) is 3.28. The molecule has 1 aliphatic heterocycles. The van der Waals surface area contributed by atoms with E-state index in [0.717, 1.165) is 4.31 Å². The molecular formula is C11H14FN3O3S. The van der Waals surface area contributed by atoms with Gasteiger partial charge >= 0.3 is 0 Å². The second kappa shape index (κ2) is 5.24. The summed E-state index contributed by atoms with van der Waals surface area (Å²) in [6.07, 6.45) is 0. The van der Waals surface area contributed by atoms with Crippen molar-refractivity contribution >= 4 is 16.1 Å². The Morgan fingerprint density at radius 3 is 2.11 bits per heavy atom. The summed E-state index contributed by atoms with van der Waals surface area (Å²) in [5.74, 6) is -0.648. The van der Waals surface area contributed by atoms with Crippen molar-refractivity contribution in [1.82, 2.24) is 9.21 Å². The molecule has 0 saturated carbocycles. The molecule has 0 bridgehead atoms. The molecule has 2 N–H and O–H groups in total. The molecule has 6 nitrogen and oxygen atoms in total. The molecule has 1 heterocycles. The highest BCUT2D eigenvalue weighted by atomic mass is 32.2. The van der Waals surface area contributed by atoms with Gasteiger partial charge in [0.05, 0.1) is 0 Å². The van der Waals surface area contributed by atoms with Crippen molar-refractivity contribution in [2.75, 3.05) is 26.2 Å². The van der Waals surface area contributed by atoms with Gasteiger partial charge in [0.25, 0.3) is 16.1 Å². The van der Waals surface area contributed by atoms with Crippen molar-refractivity contribution in [2.24, 2.45) is 5.14 Å². The van der Waals surface area contributed by atoms with Crippen molar-refractivity contribution in [1.29, 1.82) is 0 Å². The number of carbonyl (C=O) groups excluding carboxylic acids is 1. The molecular weight excluding hydrogens is 273 g/mol. The number of halogens is 1. The Morgan fingerprint density at radius 1 is 1.11 bits per heavy atom. The van der Waals surface area contributed by atoms with Crippen LogP contribution in [0.15, 0.2) is 24.3 Å². The molecule has 1 aromatic rings. The molecule has 0 spiro atoms. The van der Waals surface area contributed by atoms with Gasteiger partial charge in [0, 0.05) is 31.7 Å². The van der Waals surface area contributed by atoms with Crippen LogP contribution in [0.2, 0.25) is 0 Å². The topological polar surface area (TPSA) is 83.7 Å². The fraction of sp³-hybridized carbons (Fsp3) is 0.364. The third-order valence-corrected chi connectivity index (χ3v) is 4.06. The molecule has 1 fully saturated rings. The molecule has 1 amide bonds. The molecule has 1 saturated heterocycles. The molecule has 1 aromatic carbocycles. The number of rotatable bonds is 2. The summed E-state index contributed by atoms with van der Waals surface area (Å²) in [5, 5.41) is 5.01. The fourth-order valence-corrected chi connectivity index (χ4v) is 2.59. The zero-order valence-electron chi connectivity index (χ0n) is 10.1. The second-order valence-corrected chi connectivity index (χ2v) is 5.79. The Hall–Kier alpha value is -1.51. The summed E-state index contributed by atoms with van der Waals surface area (Å²) in [4.78, 5) is 13.6. The number of carbonyl (C=O) groups is 1. The average Bonchev–Trinajstić information content (AvgIpc) is 2.38. The SMILES string of the molecule is NS(=O)(=O)N1CCN(C(=O)c2ccc(F)cc2)CC1. The second-order valence-electron chi connectivity index (χ2n) is 4.24. The van der Waals surface area contributed by atoms with E-state index >= 15 is 0 Å². The first-order valence-electron chi connectivity index (χ1n) is 5.70. The average molecular weight is 287 g/mol. The highest BCUT2D eigenvalue weighted by Gasteiger charge is 2.26. The van der Waals surface area contributed by atoms with Crippen LogP contribution < -0.4 is 5.14 Å². The maximum absolute atomic E-state index is 12.8. The largest absolute Gasteiger partial charge is 0.336 e. The Kier molecular flexibility index (Phi) is 3.83. The molecule has 0 unspecified atom stereocenters. The first-order chi connectivity index (χ1) is 8.88. The van der Waals surface area contributed by atoms with Gasteiger partial charge in [-0.2, -0.15) is 12.7 Å². The summed E-state index contributed by atoms with van der Waals surface area (Å²) in [7, 11) is -3.70. The van der Waals surface area contributed by atoms with E-state index in [1.54, 1.807) is 0 Å². The summed E-state index contributed by atoms with van der Waals surface area (Å²) in [5.41, 5.74) is 0.380. The lowest BCUT2D eigenvalue weighted by atomic mass is 10.2. The van der Waals surface area contributed by atoms with E-state index in [2.05, 4.69) is 0 Å². The number of piperazine rings is 1. The van der Waals surface area contributed by atoms with E-state index in [1.807, 2.05) is 0 Å². The van der Waals surface area contributed by atoms with Crippen molar-refractivity contribution in [3.8, 4) is 0 Å². The van der Waals surface area contributed by atoms with Gasteiger partial charge in [-0.3, -0.25) is 4.79 Å². The molecule has 1 aliphatic rings. The molecule has 0 atom stereocenters. The summed E-state index contributed by atoms with van der Waals surface area (Å²) < 4.78 is 36.1. The van der Waals surface area contributed by atoms with Crippen molar-refractivity contribution in [3.63, 3.8) is 0 Å². The lowest BCUT2D eigenvalue weighted by molar-refractivity contribution is 0.0698. The van der Waals surface area contributed by atoms with E-state index in [-0.39, 0.29) is 32.1 Å². The Morgan fingerprint density at radius 2 is 1.63 bits per heavy atom. The van der Waals surface area contributed by atoms with Crippen molar-refractivity contribution in [3.05, 3.63) is 35.6 Å². The normalized spacial score (nSPS) is 17.5. The summed E-state index contributed by atoms with van der Waals surface area (Å²) in [6.45, 7) is 0.886. The van der Waals surface area contributed by atoms with Crippen LogP contribution in [0, 0.1) is 5.82 Å². The van der Waals surface area contributed by atoms with Gasteiger partial charge in [0.15, 0.2) is 0 Å². The zero-order valence-corrected chi connectivity index (χ0v) is 10.9. The van der Waals surface area contributed by atoms with Crippen LogP contribution in [0.4, 0.5) is 4.39 Å². The Bertz CT molecular complexity index is 565. The number of nitrogens with two attached hydrogens (primary N) is 1. The molecule has 2 rings (SSSR count). The van der Waals surface area contributed by atoms with Crippen molar-refractivity contribution in [2.45, 2.75) is 0 Å². The van der Waals surface area contributed by atoms with E-state index in [9.17, 15) is 17.6 Å². The maximum atomic E-state index is 12.8. The van der Waals surface area contributed by atoms with Gasteiger partial charge in [0.1, 0.15) is 5.82 Å². The monoisotopic (exact) mass is 287 g/mol. The number of benzene rings is 1. The van der Waals surface area contributed by atoms with Crippen LogP contribution in [0.25, 0.3) is 0 Å². The van der Waals surface area contributed by atoms with Crippen LogP contribution in [-0.4, -0.2) is 49.7 Å². The quantitative estimate of drug-likeness (QED) is 0.816. The smallest absolute Gasteiger partial charge is 0.277 e. The van der Waals surface area contributed by atoms with Crippen LogP contribution in [0.3, 0.4) is 0 Å². The zero-order chi connectivity index (χ0) is 14.0. The summed E-state index contributed by atoms with van der Waals surface area (Å²) >= 11 is 0. The van der Waals surface area contributed by atoms with Gasteiger partial charge in [-0.05, 0) is 24.3 Å². The summed E-state index contributed by atoms with van der Waals surface area (Å²) in [6, 6.07) is 5.25. The van der Waals surface area contributed by atoms with Gasteiger partial charge < -0.3 is 4.90 Å². The lowest BCUT2D eigenvalue weighted by Gasteiger charge is -2.32. The standard InChI is InChI=1S/C11H14FN3O3S/c12-10-3-1-9(2-4-10)11(16)14-5-7-15(8-6-14)19(13,17)18/h1-4H,5-8H2,(H2,13,17,18). The van der Waals surface area contributed by atoms with E-state index in [4.69, 9.17) is 5.14 Å². The highest BCUT2D eigenvalue weighted by molar-refractivity contribution is 7.86. The Labute approximate surface area is 110 Å². The van der Waals surface area contributed by atoms with Gasteiger partial charge in [0.2, 0.25) is 0 Å². The Balaban J connectivity index is 2.02. The predicted octanol–water partition coefficient (Wildman–Crippen LogP) is -0.213. The van der Waals surface area contributed by atoms with Crippen LogP contribution in [0.1, 0.15) is 10.4 Å². The molecule has 0 radical (unpaired) electrons. The molecule has 19 heavy (non-hydrogen) atoms. The minimum absolute atomic E-state index is 0.172. The van der Waals surface area contributed by atoms with Gasteiger partial charge in [-0.15, -0.1) is 0 Å². The van der Waals surface area contributed by atoms with E-state index < -0.39 is 16.0 Å². The van der Waals surface area contributed by atoms with Crippen LogP contribution >= 0.6 is 0 Å². The highest BCUT2D eigenvalue weighted by Crippen LogP contribution is 2.10. The molecule has 8 heteroatoms. The lowest BCUT2D eigenvalue weighted by Crippen LogP contribution is -2.52. The van der Waals surface area contributed by atoms with E-state index in [0.29, 0.717) is 5.56 Å². The van der Waals surface area contributed by atoms with Gasteiger partial charge in [-0.25, -0.2) is 9.53 Å². The van der Waals surface area contributed by atoms with E-state index in [1.165, 1.54) is 29.2 Å². The minimum atomic E-state index is -3.70. The molecule has 0 aromatic heterocycles. The van der Waals surface area contributed by atoms with Crippen LogP contribution in [-0.2, 0) is 10.2 Å². The number of hydrogen-bond acceptors (Lipinski definition) is 3. The number of amides is 1. The van der Waals surface area contributed by atoms with Gasteiger partial charge in [-0.1, -0.05) is 0 Å². The third-order valence-electron chi connectivity index (χ3n) is 2.98. The molecule has 104 valence electrons. The van der Waals surface area contributed by atoms with Crippen LogP contribution in [0.5, 0.6) is 0 Å². The number of hydrogen-bond donors (Lipinski definition) is 1. The first-order valence-corrected chi connectivity index (χ1v) is 7.21. The molecule has 0 aliphatic carbocycles. The maximum Gasteiger partial charge on any atom is 0.277 e. The fourth-order valence-electron chi connectivity index (χ4n) is 1.92. The minimum Gasteiger partial charge on any atom is -0.336 e. The predicted molar refractivity (Wildman–Crippen MR) is 67.0 cm³/mol. The number of nitrogens with zero attached hydrogens (tertiary/aromatic N) is 2. The van der Waals surface area contributed by atoms with Crippen molar-refractivity contribution < 1.29 is 17.6 Å². The first kappa shape index (κ1) is 13.9.